The maximum Gasteiger partial charge on any atom is 0.449 e. The molecule has 0 aliphatic carbocycles. The highest BCUT2D eigenvalue weighted by molar-refractivity contribution is 6.75. The molecule has 0 saturated carbocycles. The van der Waals surface area contributed by atoms with Crippen LogP contribution in [-0.4, -0.2) is 81.9 Å². The third-order valence-corrected chi connectivity index (χ3v) is 31.5. The second-order valence-corrected chi connectivity index (χ2v) is 45.5. The van der Waals surface area contributed by atoms with Crippen LogP contribution in [0.5, 0.6) is 34.5 Å². The third-order valence-electron chi connectivity index (χ3n) is 31.5. The van der Waals surface area contributed by atoms with Gasteiger partial charge in [0.05, 0.1) is 73.2 Å². The number of nitrogens with one attached hydrogen (secondary N) is 6. The molecule has 18 nitrogen and oxygen atoms in total. The molecule has 780 valence electrons. The van der Waals surface area contributed by atoms with Crippen molar-refractivity contribution < 1.29 is 56.3 Å². The Hall–Kier alpha value is -11.6. The van der Waals surface area contributed by atoms with E-state index in [2.05, 4.69) is 374 Å². The van der Waals surface area contributed by atoms with Crippen molar-refractivity contribution in [1.29, 1.82) is 0 Å². The van der Waals surface area contributed by atoms with Gasteiger partial charge in [-0.1, -0.05) is 266 Å². The van der Waals surface area contributed by atoms with Gasteiger partial charge in [-0.2, -0.15) is 0 Å². The van der Waals surface area contributed by atoms with E-state index in [-0.39, 0.29) is 0 Å². The summed E-state index contributed by atoms with van der Waals surface area (Å²) in [4.78, 5) is 0. The van der Waals surface area contributed by atoms with Crippen LogP contribution in [0.3, 0.4) is 0 Å². The third kappa shape index (κ3) is 23.8. The lowest BCUT2D eigenvalue weighted by Crippen LogP contribution is -2.52. The van der Waals surface area contributed by atoms with Crippen LogP contribution < -0.4 is 92.6 Å². The second kappa shape index (κ2) is 46.5. The minimum atomic E-state index is -0.731. The fourth-order valence-corrected chi connectivity index (χ4v) is 22.7. The molecule has 0 saturated heterocycles. The molecule has 0 unspecified atom stereocenters. The average molecular weight is 2010 g/mol. The lowest BCUT2D eigenvalue weighted by molar-refractivity contribution is 0.107. The molecule has 0 aromatic heterocycles. The largest absolute Gasteiger partial charge is 0.490 e. The first kappa shape index (κ1) is 107. The summed E-state index contributed by atoms with van der Waals surface area (Å²) in [5.74, 6) is 4.47. The van der Waals surface area contributed by atoms with Crippen molar-refractivity contribution in [1.82, 2.24) is 0 Å². The first-order valence-corrected chi connectivity index (χ1v) is 56.7. The van der Waals surface area contributed by atoms with Gasteiger partial charge in [0, 0.05) is 67.5 Å². The standard InChI is InChI=1S/C126H156B6N6O12/c1-19-25-31-37-67-139-115-79-97-85-43-61-109-103(73-85)121(7,8)145-127(133-109)91-49-51-93(52-50-91)129-135-111-63-45-87(75-105(111)123(11,12)147-129)99-81-117(141-69-39-33-27-21-3)119(143-71-41-35-29-23-5)83-101(99)89-47-65-113-107(77-89)125(15,16)149-131(137-113)95-57-59-96(60-58-95)132-138-114-66-48-90(78-108(114)126(17,18)150-132)102-84-120(144-72-42-36-30-24-6)118(142-70-40-34-28-22-4)82-100(102)88-46-64-112-106(76-88)124(13,14)148-130(136-112)94-55-53-92(54-56-94)128-134-110-62-44-86(74-104(110)122(9,10)146-128)98(97)80-116(115)140-68-38-32-26-20-2/h43-66,73-84,133-138H,19-42,67-72H2,1-18H3. The number of hydrogen-bond acceptors (Lipinski definition) is 18. The van der Waals surface area contributed by atoms with Gasteiger partial charge in [-0.3, -0.25) is 0 Å². The van der Waals surface area contributed by atoms with Crippen LogP contribution >= 0.6 is 0 Å². The maximum atomic E-state index is 7.26. The van der Waals surface area contributed by atoms with Crippen molar-refractivity contribution in [2.45, 2.75) is 312 Å². The Bertz CT molecular complexity index is 5710. The van der Waals surface area contributed by atoms with Crippen LogP contribution in [0.4, 0.5) is 34.1 Å². The van der Waals surface area contributed by atoms with Gasteiger partial charge in [-0.15, -0.1) is 0 Å². The number of rotatable bonds is 36. The van der Waals surface area contributed by atoms with Gasteiger partial charge in [-0.05, 0) is 330 Å². The molecule has 45 rings (SSSR count). The Morgan fingerprint density at radius 3 is 0.453 bits per heavy atom. The molecule has 33 aliphatic rings. The molecule has 150 heavy (non-hydrogen) atoms. The molecule has 12 aromatic carbocycles. The van der Waals surface area contributed by atoms with Gasteiger partial charge in [0.2, 0.25) is 0 Å². The van der Waals surface area contributed by atoms with Gasteiger partial charge < -0.3 is 87.7 Å². The molecule has 0 radical (unpaired) electrons. The predicted octanol–water partition coefficient (Wildman–Crippen LogP) is 28.2. The minimum Gasteiger partial charge on any atom is -0.490 e. The first-order valence-electron chi connectivity index (χ1n) is 56.7. The Morgan fingerprint density at radius 2 is 0.320 bits per heavy atom. The van der Waals surface area contributed by atoms with Crippen molar-refractivity contribution in [3.63, 3.8) is 0 Å². The highest BCUT2D eigenvalue weighted by Gasteiger charge is 2.47. The molecular weight excluding hydrogens is 1850 g/mol. The van der Waals surface area contributed by atoms with Crippen LogP contribution in [0.2, 0.25) is 0 Å². The lowest BCUT2D eigenvalue weighted by Gasteiger charge is -2.39. The summed E-state index contributed by atoms with van der Waals surface area (Å²) in [6.07, 6.45) is 26.1. The van der Waals surface area contributed by atoms with Crippen molar-refractivity contribution in [2.24, 2.45) is 0 Å². The number of anilines is 6. The summed E-state index contributed by atoms with van der Waals surface area (Å²) in [7, 11) is -2.73. The van der Waals surface area contributed by atoms with Gasteiger partial charge in [0.1, 0.15) is 0 Å². The van der Waals surface area contributed by atoms with E-state index in [0.29, 0.717) is 39.6 Å². The topological polar surface area (TPSA) is 183 Å². The zero-order valence-electron chi connectivity index (χ0n) is 92.4. The van der Waals surface area contributed by atoms with E-state index in [9.17, 15) is 0 Å². The molecule has 30 bridgehead atoms. The first-order chi connectivity index (χ1) is 72.5. The normalized spacial score (nSPS) is 16.2. The van der Waals surface area contributed by atoms with Crippen LogP contribution in [0.1, 0.15) is 312 Å². The summed E-state index contributed by atoms with van der Waals surface area (Å²) < 4.78 is 84.9. The smallest absolute Gasteiger partial charge is 0.449 e. The SMILES string of the molecule is CCCCCCOc1cc2c(cc1OCCCCCC)-c1ccc3c(c1)C(C)(C)OB(N3)c1ccc(cc1)B1Nc3ccc(cc3C(C)(C)O1)-c1cc(OCCCCCC)c(OCCCCCC)cc1-c1ccc3c(c1)C(C)(C)OB(N3)c1ccc(cc1)B1Nc3ccc(cc3C(C)(C)O1)-c1cc(OCCCCCC)c(OCCCCCC)cc1-c1ccc3c(c1)C(C)(C)OB(N3)c1ccc(cc1)B1Nc3ccc-2cc3C(C)(C)O1. The summed E-state index contributed by atoms with van der Waals surface area (Å²) >= 11 is 0. The highest BCUT2D eigenvalue weighted by Crippen LogP contribution is 2.53. The quantitative estimate of drug-likeness (QED) is 0.0161. The van der Waals surface area contributed by atoms with E-state index in [1.807, 2.05) is 0 Å². The van der Waals surface area contributed by atoms with Gasteiger partial charge >= 0.3 is 42.3 Å². The van der Waals surface area contributed by atoms with Crippen molar-refractivity contribution in [3.05, 3.63) is 252 Å². The molecule has 24 heteroatoms. The monoisotopic (exact) mass is 2010 g/mol. The van der Waals surface area contributed by atoms with E-state index < -0.39 is 75.9 Å². The molecule has 33 aliphatic heterocycles. The lowest BCUT2D eigenvalue weighted by atomic mass is 9.65. The summed E-state index contributed by atoms with van der Waals surface area (Å²) in [6.45, 7) is 43.2. The van der Waals surface area contributed by atoms with Crippen LogP contribution in [0.25, 0.3) is 66.8 Å². The van der Waals surface area contributed by atoms with Gasteiger partial charge in [0.25, 0.3) is 0 Å². The number of benzene rings is 12. The molecule has 33 heterocycles. The van der Waals surface area contributed by atoms with E-state index >= 15 is 0 Å². The van der Waals surface area contributed by atoms with E-state index in [4.69, 9.17) is 56.3 Å². The Kier molecular flexibility index (Phi) is 33.1. The van der Waals surface area contributed by atoms with Crippen molar-refractivity contribution in [2.75, 3.05) is 71.0 Å². The van der Waals surface area contributed by atoms with Crippen molar-refractivity contribution in [3.8, 4) is 101 Å². The zero-order valence-corrected chi connectivity index (χ0v) is 92.4. The van der Waals surface area contributed by atoms with E-state index in [1.54, 1.807) is 0 Å². The molecular formula is C126H156B6N6O12. The van der Waals surface area contributed by atoms with E-state index in [1.165, 1.54) is 0 Å². The fraction of sp³-hybridized carbons (Fsp3) is 0.429. The van der Waals surface area contributed by atoms with Crippen LogP contribution in [-0.2, 0) is 61.5 Å². The maximum absolute atomic E-state index is 7.26. The zero-order chi connectivity index (χ0) is 105. The number of fused-ring (bicyclic) bond motifs is 3. The van der Waals surface area contributed by atoms with Crippen LogP contribution in [0, 0.1) is 0 Å². The summed E-state index contributed by atoms with van der Waals surface area (Å²) in [5.41, 5.74) is 26.3. The molecule has 0 amide bonds. The number of ether oxygens (including phenoxy) is 6. The molecule has 0 atom stereocenters. The summed E-state index contributed by atoms with van der Waals surface area (Å²) in [6, 6.07) is 80.1. The van der Waals surface area contributed by atoms with Gasteiger partial charge in [0.15, 0.2) is 34.5 Å². The Labute approximate surface area is 896 Å². The van der Waals surface area contributed by atoms with Crippen LogP contribution in [0.15, 0.2) is 218 Å². The molecule has 0 spiro atoms. The molecule has 12 aromatic rings. The number of hydrogen-bond donors (Lipinski definition) is 6. The minimum absolute atomic E-state index is 0.455. The number of unbranched alkanes of at least 4 members (excludes halogenated alkanes) is 18. The van der Waals surface area contributed by atoms with Crippen molar-refractivity contribution >= 4 is 109 Å². The highest BCUT2D eigenvalue weighted by atomic mass is 16.5. The summed E-state index contributed by atoms with van der Waals surface area (Å²) in [5, 5.41) is 23.2. The second-order valence-electron chi connectivity index (χ2n) is 45.5. The molecule has 6 N–H and O–H groups in total. The average Bonchev–Trinajstić information content (AvgIpc) is 0.748. The van der Waals surface area contributed by atoms with E-state index in [0.717, 1.165) is 356 Å². The Balaban J connectivity index is 0.695. The predicted molar refractivity (Wildman–Crippen MR) is 628 cm³/mol. The molecule has 0 fully saturated rings. The van der Waals surface area contributed by atoms with Gasteiger partial charge in [-0.25, -0.2) is 0 Å². The Morgan fingerprint density at radius 1 is 0.180 bits per heavy atom. The fourth-order valence-electron chi connectivity index (χ4n) is 22.7.